The Morgan fingerprint density at radius 1 is 0.882 bits per heavy atom. The van der Waals surface area contributed by atoms with E-state index < -0.39 is 0 Å². The predicted molar refractivity (Wildman–Crippen MR) is 74.8 cm³/mol. The van der Waals surface area contributed by atoms with Gasteiger partial charge in [0.25, 0.3) is 0 Å². The van der Waals surface area contributed by atoms with E-state index in [0.717, 1.165) is 0 Å². The first-order chi connectivity index (χ1) is 7.86. The fourth-order valence-corrected chi connectivity index (χ4v) is 3.00. The summed E-state index contributed by atoms with van der Waals surface area (Å²) >= 11 is 35.9. The molecule has 0 saturated carbocycles. The van der Waals surface area contributed by atoms with Crippen molar-refractivity contribution in [3.05, 3.63) is 36.6 Å². The van der Waals surface area contributed by atoms with Crippen LogP contribution in [0.2, 0.25) is 30.5 Å². The fraction of sp³-hybridized carbons (Fsp3) is 0.111. The van der Waals surface area contributed by atoms with Gasteiger partial charge < -0.3 is 4.57 Å². The molecule has 92 valence electrons. The van der Waals surface area contributed by atoms with Crippen LogP contribution in [0.3, 0.4) is 0 Å². The van der Waals surface area contributed by atoms with Crippen LogP contribution in [-0.2, 0) is 7.05 Å². The summed E-state index contributed by atoms with van der Waals surface area (Å²) in [6, 6.07) is 1.58. The van der Waals surface area contributed by atoms with Gasteiger partial charge in [0.15, 0.2) is 0 Å². The summed E-state index contributed by atoms with van der Waals surface area (Å²) < 4.78 is 3.05. The third kappa shape index (κ3) is 2.05. The topological polar surface area (TPSA) is 9.86 Å². The molecule has 2 rings (SSSR count). The average Bonchev–Trinajstić information content (AvgIpc) is 2.61. The lowest BCUT2D eigenvalue weighted by molar-refractivity contribution is 0.849. The summed E-state index contributed by atoms with van der Waals surface area (Å²) in [6.07, 6.45) is 0. The second-order valence-corrected chi connectivity index (χ2v) is 5.51. The SMILES string of the molecule is Cn1c(Cl)cc(Cl)c1-n1c(Cl)c(Cl)c(Cl)c1Cl. The zero-order valence-corrected chi connectivity index (χ0v) is 12.8. The summed E-state index contributed by atoms with van der Waals surface area (Å²) in [5, 5.41) is 1.55. The Balaban J connectivity index is 2.82. The van der Waals surface area contributed by atoms with Gasteiger partial charge in [-0.05, 0) is 6.07 Å². The molecule has 17 heavy (non-hydrogen) atoms. The van der Waals surface area contributed by atoms with E-state index in [4.69, 9.17) is 69.6 Å². The first kappa shape index (κ1) is 13.7. The molecule has 0 amide bonds. The minimum atomic E-state index is 0.173. The fourth-order valence-electron chi connectivity index (χ4n) is 1.43. The summed E-state index contributed by atoms with van der Waals surface area (Å²) in [5.41, 5.74) is 0. The molecule has 0 fully saturated rings. The molecule has 2 nitrogen and oxygen atoms in total. The van der Waals surface area contributed by atoms with Crippen LogP contribution in [-0.4, -0.2) is 9.13 Å². The lowest BCUT2D eigenvalue weighted by Crippen LogP contribution is -2.02. The second kappa shape index (κ2) is 4.76. The molecular formula is C9H4Cl6N2. The van der Waals surface area contributed by atoms with E-state index in [1.165, 1.54) is 4.57 Å². The number of nitrogens with zero attached hydrogens (tertiary/aromatic N) is 2. The van der Waals surface area contributed by atoms with Crippen molar-refractivity contribution in [1.82, 2.24) is 9.13 Å². The maximum atomic E-state index is 6.06. The Bertz CT molecular complexity index is 572. The highest BCUT2D eigenvalue weighted by atomic mass is 35.5. The van der Waals surface area contributed by atoms with Crippen LogP contribution in [0.25, 0.3) is 5.82 Å². The lowest BCUT2D eigenvalue weighted by Gasteiger charge is -2.09. The van der Waals surface area contributed by atoms with Gasteiger partial charge in [0, 0.05) is 7.05 Å². The third-order valence-electron chi connectivity index (χ3n) is 2.26. The van der Waals surface area contributed by atoms with Gasteiger partial charge in [0.2, 0.25) is 0 Å². The van der Waals surface area contributed by atoms with E-state index >= 15 is 0 Å². The van der Waals surface area contributed by atoms with Crippen LogP contribution in [0.5, 0.6) is 0 Å². The van der Waals surface area contributed by atoms with Gasteiger partial charge in [-0.3, -0.25) is 4.57 Å². The van der Waals surface area contributed by atoms with E-state index in [2.05, 4.69) is 0 Å². The van der Waals surface area contributed by atoms with Crippen LogP contribution in [0.4, 0.5) is 0 Å². The monoisotopic (exact) mass is 350 g/mol. The zero-order chi connectivity index (χ0) is 12.9. The second-order valence-electron chi connectivity index (χ2n) is 3.24. The molecular weight excluding hydrogens is 349 g/mol. The number of hydrogen-bond donors (Lipinski definition) is 0. The molecule has 0 spiro atoms. The molecule has 0 atom stereocenters. The van der Waals surface area contributed by atoms with E-state index in [1.54, 1.807) is 17.7 Å². The lowest BCUT2D eigenvalue weighted by atomic mass is 10.6. The highest BCUT2D eigenvalue weighted by Crippen LogP contribution is 2.42. The maximum absolute atomic E-state index is 6.06. The Hall–Kier alpha value is 0.300. The van der Waals surface area contributed by atoms with Crippen molar-refractivity contribution >= 4 is 69.6 Å². The van der Waals surface area contributed by atoms with Crippen molar-refractivity contribution in [2.24, 2.45) is 7.05 Å². The number of hydrogen-bond acceptors (Lipinski definition) is 0. The van der Waals surface area contributed by atoms with Gasteiger partial charge in [0.1, 0.15) is 21.3 Å². The van der Waals surface area contributed by atoms with Gasteiger partial charge in [-0.15, -0.1) is 0 Å². The van der Waals surface area contributed by atoms with Crippen molar-refractivity contribution in [3.63, 3.8) is 0 Å². The Kier molecular flexibility index (Phi) is 3.85. The largest absolute Gasteiger partial charge is 0.320 e. The highest BCUT2D eigenvalue weighted by Gasteiger charge is 2.23. The van der Waals surface area contributed by atoms with Gasteiger partial charge >= 0.3 is 0 Å². The highest BCUT2D eigenvalue weighted by molar-refractivity contribution is 6.52. The zero-order valence-electron chi connectivity index (χ0n) is 8.24. The Morgan fingerprint density at radius 2 is 1.35 bits per heavy atom. The van der Waals surface area contributed by atoms with Crippen LogP contribution < -0.4 is 0 Å². The van der Waals surface area contributed by atoms with Crippen LogP contribution in [0.15, 0.2) is 6.07 Å². The molecule has 0 aliphatic rings. The molecule has 2 aromatic heterocycles. The van der Waals surface area contributed by atoms with E-state index in [-0.39, 0.29) is 20.4 Å². The first-order valence-electron chi connectivity index (χ1n) is 4.28. The number of rotatable bonds is 1. The molecule has 0 N–H and O–H groups in total. The van der Waals surface area contributed by atoms with Crippen LogP contribution >= 0.6 is 69.6 Å². The standard InChI is InChI=1S/C9H4Cl6N2/c1-16-4(11)2-3(10)9(16)17-7(14)5(12)6(13)8(17)15/h2H,1H3. The summed E-state index contributed by atoms with van der Waals surface area (Å²) in [7, 11) is 1.72. The Labute approximate surface area is 128 Å². The van der Waals surface area contributed by atoms with Crippen molar-refractivity contribution in [3.8, 4) is 5.82 Å². The molecule has 0 saturated heterocycles. The summed E-state index contributed by atoms with van der Waals surface area (Å²) in [6.45, 7) is 0. The predicted octanol–water partition coefficient (Wildman–Crippen LogP) is 5.74. The van der Waals surface area contributed by atoms with Crippen molar-refractivity contribution in [1.29, 1.82) is 0 Å². The first-order valence-corrected chi connectivity index (χ1v) is 6.54. The average molecular weight is 353 g/mol. The van der Waals surface area contributed by atoms with E-state index in [9.17, 15) is 0 Å². The molecule has 0 bridgehead atoms. The van der Waals surface area contributed by atoms with Gasteiger partial charge in [-0.25, -0.2) is 0 Å². The molecule has 2 aromatic rings. The number of halogens is 6. The van der Waals surface area contributed by atoms with Crippen molar-refractivity contribution in [2.75, 3.05) is 0 Å². The smallest absolute Gasteiger partial charge is 0.139 e. The summed E-state index contributed by atoms with van der Waals surface area (Å²) in [5.74, 6) is 0.500. The quantitative estimate of drug-likeness (QED) is 0.619. The van der Waals surface area contributed by atoms with E-state index in [1.807, 2.05) is 0 Å². The molecule has 2 heterocycles. The van der Waals surface area contributed by atoms with Gasteiger partial charge in [0.05, 0.1) is 15.1 Å². The number of aromatic nitrogens is 2. The Morgan fingerprint density at radius 3 is 1.71 bits per heavy atom. The summed E-state index contributed by atoms with van der Waals surface area (Å²) in [4.78, 5) is 0. The van der Waals surface area contributed by atoms with Crippen molar-refractivity contribution < 1.29 is 0 Å². The van der Waals surface area contributed by atoms with E-state index in [0.29, 0.717) is 16.0 Å². The molecule has 0 unspecified atom stereocenters. The third-order valence-corrected chi connectivity index (χ3v) is 4.64. The van der Waals surface area contributed by atoms with Gasteiger partial charge in [-0.2, -0.15) is 0 Å². The van der Waals surface area contributed by atoms with Gasteiger partial charge in [-0.1, -0.05) is 69.6 Å². The minimum Gasteiger partial charge on any atom is -0.320 e. The molecule has 8 heteroatoms. The molecule has 0 radical (unpaired) electrons. The van der Waals surface area contributed by atoms with Crippen LogP contribution in [0.1, 0.15) is 0 Å². The minimum absolute atomic E-state index is 0.173. The normalized spacial score (nSPS) is 11.2. The molecule has 0 aliphatic carbocycles. The molecule has 0 aromatic carbocycles. The maximum Gasteiger partial charge on any atom is 0.139 e. The molecule has 0 aliphatic heterocycles. The van der Waals surface area contributed by atoms with Crippen molar-refractivity contribution in [2.45, 2.75) is 0 Å². The van der Waals surface area contributed by atoms with Crippen LogP contribution in [0, 0.1) is 0 Å².